The highest BCUT2D eigenvalue weighted by Crippen LogP contribution is 2.27. The Bertz CT molecular complexity index is 957. The van der Waals surface area contributed by atoms with Gasteiger partial charge in [0.05, 0.1) is 17.4 Å². The van der Waals surface area contributed by atoms with E-state index in [4.69, 9.17) is 4.74 Å². The minimum atomic E-state index is -0.524. The number of aromatic hydroxyl groups is 1. The molecule has 7 nitrogen and oxygen atoms in total. The van der Waals surface area contributed by atoms with E-state index < -0.39 is 11.7 Å². The number of aromatic nitrogens is 3. The van der Waals surface area contributed by atoms with Crippen molar-refractivity contribution in [3.63, 3.8) is 0 Å². The summed E-state index contributed by atoms with van der Waals surface area (Å²) in [7, 11) is 0. The number of alkyl carbamates (subject to hydrolysis) is 1. The minimum absolute atomic E-state index is 0.140. The Morgan fingerprint density at radius 3 is 2.77 bits per heavy atom. The lowest BCUT2D eigenvalue weighted by Crippen LogP contribution is -2.32. The molecule has 1 aromatic carbocycles. The molecule has 0 aliphatic rings. The second-order valence-corrected chi connectivity index (χ2v) is 7.13. The van der Waals surface area contributed by atoms with Crippen molar-refractivity contribution in [2.75, 3.05) is 0 Å². The number of carbonyl (C=O) groups excluding carboxylic acids is 1. The van der Waals surface area contributed by atoms with Crippen molar-refractivity contribution in [1.82, 2.24) is 19.9 Å². The fraction of sp³-hybridized carbons (Fsp3) is 0.316. The summed E-state index contributed by atoms with van der Waals surface area (Å²) >= 11 is 0. The third-order valence-corrected chi connectivity index (χ3v) is 3.83. The molecule has 0 saturated heterocycles. The molecule has 0 bridgehead atoms. The van der Waals surface area contributed by atoms with Gasteiger partial charge in [-0.25, -0.2) is 14.3 Å². The Labute approximate surface area is 151 Å². The van der Waals surface area contributed by atoms with Crippen molar-refractivity contribution in [2.45, 2.75) is 39.8 Å². The molecule has 0 saturated carbocycles. The van der Waals surface area contributed by atoms with Crippen LogP contribution in [0.3, 0.4) is 0 Å². The second kappa shape index (κ2) is 6.67. The first kappa shape index (κ1) is 17.7. The zero-order valence-corrected chi connectivity index (χ0v) is 15.3. The highest BCUT2D eigenvalue weighted by atomic mass is 16.6. The first-order chi connectivity index (χ1) is 12.2. The summed E-state index contributed by atoms with van der Waals surface area (Å²) < 4.78 is 6.84. The van der Waals surface area contributed by atoms with Gasteiger partial charge in [-0.15, -0.1) is 0 Å². The summed E-state index contributed by atoms with van der Waals surface area (Å²) in [6.45, 7) is 7.84. The summed E-state index contributed by atoms with van der Waals surface area (Å²) in [6.07, 6.45) is 2.55. The number of hydrogen-bond acceptors (Lipinski definition) is 5. The van der Waals surface area contributed by atoms with E-state index in [0.29, 0.717) is 6.54 Å². The largest absolute Gasteiger partial charge is 0.506 e. The third kappa shape index (κ3) is 3.93. The van der Waals surface area contributed by atoms with Crippen molar-refractivity contribution in [2.24, 2.45) is 0 Å². The van der Waals surface area contributed by atoms with E-state index in [1.54, 1.807) is 10.6 Å². The van der Waals surface area contributed by atoms with Gasteiger partial charge in [0.1, 0.15) is 17.7 Å². The van der Waals surface area contributed by atoms with Gasteiger partial charge in [0.15, 0.2) is 0 Å². The lowest BCUT2D eigenvalue weighted by molar-refractivity contribution is 0.0523. The van der Waals surface area contributed by atoms with Crippen LogP contribution >= 0.6 is 0 Å². The van der Waals surface area contributed by atoms with Gasteiger partial charge < -0.3 is 15.2 Å². The highest BCUT2D eigenvalue weighted by molar-refractivity contribution is 5.78. The predicted octanol–water partition coefficient (Wildman–Crippen LogP) is 3.44. The molecule has 0 radical (unpaired) electrons. The molecule has 3 rings (SSSR count). The number of aryl methyl sites for hydroxylation is 1. The lowest BCUT2D eigenvalue weighted by Gasteiger charge is -2.20. The van der Waals surface area contributed by atoms with Gasteiger partial charge >= 0.3 is 6.09 Å². The number of carbonyl (C=O) groups is 1. The molecular formula is C19H22N4O3. The molecule has 26 heavy (non-hydrogen) atoms. The quantitative estimate of drug-likeness (QED) is 0.752. The van der Waals surface area contributed by atoms with Gasteiger partial charge in [-0.3, -0.25) is 0 Å². The highest BCUT2D eigenvalue weighted by Gasteiger charge is 2.16. The van der Waals surface area contributed by atoms with Crippen LogP contribution in [0.25, 0.3) is 16.8 Å². The molecular weight excluding hydrogens is 332 g/mol. The predicted molar refractivity (Wildman–Crippen MR) is 97.9 cm³/mol. The van der Waals surface area contributed by atoms with E-state index in [-0.39, 0.29) is 5.75 Å². The molecule has 2 aromatic heterocycles. The van der Waals surface area contributed by atoms with Gasteiger partial charge in [0.2, 0.25) is 0 Å². The van der Waals surface area contributed by atoms with Crippen LogP contribution in [-0.2, 0) is 11.3 Å². The maximum atomic E-state index is 11.8. The third-order valence-electron chi connectivity index (χ3n) is 3.83. The van der Waals surface area contributed by atoms with Crippen LogP contribution in [0, 0.1) is 6.92 Å². The van der Waals surface area contributed by atoms with Crippen LogP contribution in [0.1, 0.15) is 31.9 Å². The topological polar surface area (TPSA) is 88.8 Å². The fourth-order valence-electron chi connectivity index (χ4n) is 2.66. The SMILES string of the molecule is Cc1cc(-c2ncnn3cc(O)cc23)ccc1CNC(=O)OC(C)(C)C. The van der Waals surface area contributed by atoms with Crippen molar-refractivity contribution < 1.29 is 14.6 Å². The standard InChI is InChI=1S/C19H22N4O3/c1-12-7-13(17-16-8-15(24)10-23(16)22-11-21-17)5-6-14(12)9-20-18(25)26-19(2,3)4/h5-8,10-11,24H,9H2,1-4H3,(H,20,25). The molecule has 0 atom stereocenters. The number of hydrogen-bond donors (Lipinski definition) is 2. The van der Waals surface area contributed by atoms with Crippen LogP contribution in [0.4, 0.5) is 4.79 Å². The average molecular weight is 354 g/mol. The molecule has 136 valence electrons. The number of benzene rings is 1. The summed E-state index contributed by atoms with van der Waals surface area (Å²) in [6, 6.07) is 7.51. The van der Waals surface area contributed by atoms with Crippen LogP contribution in [0.2, 0.25) is 0 Å². The Kier molecular flexibility index (Phi) is 4.54. The number of fused-ring (bicyclic) bond motifs is 1. The van der Waals surface area contributed by atoms with E-state index in [2.05, 4.69) is 15.4 Å². The maximum Gasteiger partial charge on any atom is 0.407 e. The minimum Gasteiger partial charge on any atom is -0.506 e. The number of ether oxygens (including phenoxy) is 1. The second-order valence-electron chi connectivity index (χ2n) is 7.13. The molecule has 0 spiro atoms. The van der Waals surface area contributed by atoms with E-state index in [9.17, 15) is 9.90 Å². The molecule has 3 aromatic rings. The summed E-state index contributed by atoms with van der Waals surface area (Å²) in [5, 5.41) is 16.5. The molecule has 0 aliphatic carbocycles. The molecule has 0 aliphatic heterocycles. The Morgan fingerprint density at radius 2 is 2.08 bits per heavy atom. The molecule has 2 heterocycles. The van der Waals surface area contributed by atoms with Gasteiger partial charge in [-0.1, -0.05) is 12.1 Å². The summed E-state index contributed by atoms with van der Waals surface area (Å²) in [5.41, 5.74) is 3.85. The fourth-order valence-corrected chi connectivity index (χ4v) is 2.66. The van der Waals surface area contributed by atoms with Crippen molar-refractivity contribution >= 4 is 11.6 Å². The number of nitrogens with one attached hydrogen (secondary N) is 1. The zero-order chi connectivity index (χ0) is 18.9. The van der Waals surface area contributed by atoms with Crippen LogP contribution in [-0.4, -0.2) is 31.4 Å². The Hall–Kier alpha value is -3.09. The Morgan fingerprint density at radius 1 is 1.31 bits per heavy atom. The summed E-state index contributed by atoms with van der Waals surface area (Å²) in [4.78, 5) is 16.1. The van der Waals surface area contributed by atoms with Crippen molar-refractivity contribution in [3.8, 4) is 17.0 Å². The van der Waals surface area contributed by atoms with Gasteiger partial charge in [-0.05, 0) is 44.9 Å². The zero-order valence-electron chi connectivity index (χ0n) is 15.3. The molecule has 7 heteroatoms. The lowest BCUT2D eigenvalue weighted by atomic mass is 10.0. The van der Waals surface area contributed by atoms with Crippen LogP contribution in [0.15, 0.2) is 36.8 Å². The first-order valence-electron chi connectivity index (χ1n) is 8.32. The van der Waals surface area contributed by atoms with Gasteiger partial charge in [-0.2, -0.15) is 5.10 Å². The van der Waals surface area contributed by atoms with Crippen molar-refractivity contribution in [3.05, 3.63) is 47.9 Å². The van der Waals surface area contributed by atoms with E-state index in [1.165, 1.54) is 12.5 Å². The molecule has 2 N–H and O–H groups in total. The molecule has 0 fully saturated rings. The number of rotatable bonds is 3. The van der Waals surface area contributed by atoms with E-state index >= 15 is 0 Å². The molecule has 1 amide bonds. The van der Waals surface area contributed by atoms with E-state index in [0.717, 1.165) is 27.9 Å². The first-order valence-corrected chi connectivity index (χ1v) is 8.32. The maximum absolute atomic E-state index is 11.8. The van der Waals surface area contributed by atoms with E-state index in [1.807, 2.05) is 45.9 Å². The summed E-state index contributed by atoms with van der Waals surface area (Å²) in [5.74, 6) is 0.140. The van der Waals surface area contributed by atoms with Crippen molar-refractivity contribution in [1.29, 1.82) is 0 Å². The monoisotopic (exact) mass is 354 g/mol. The van der Waals surface area contributed by atoms with Gasteiger partial charge in [0, 0.05) is 18.2 Å². The normalized spacial score (nSPS) is 11.5. The smallest absolute Gasteiger partial charge is 0.407 e. The number of nitrogens with zero attached hydrogens (tertiary/aromatic N) is 3. The Balaban J connectivity index is 1.80. The van der Waals surface area contributed by atoms with Crippen LogP contribution in [0.5, 0.6) is 5.75 Å². The van der Waals surface area contributed by atoms with Crippen LogP contribution < -0.4 is 5.32 Å². The van der Waals surface area contributed by atoms with Gasteiger partial charge in [0.25, 0.3) is 0 Å². The number of amides is 1. The molecule has 0 unspecified atom stereocenters. The average Bonchev–Trinajstić information content (AvgIpc) is 2.92.